The molecule has 1 fully saturated rings. The topological polar surface area (TPSA) is 68.3 Å². The fraction of sp³-hybridized carbons (Fsp3) is 0.524. The Bertz CT molecular complexity index is 713. The summed E-state index contributed by atoms with van der Waals surface area (Å²) in [7, 11) is 0. The normalized spacial score (nSPS) is 16.7. The van der Waals surface area contributed by atoms with E-state index in [4.69, 9.17) is 4.99 Å². The zero-order valence-corrected chi connectivity index (χ0v) is 16.7. The lowest BCUT2D eigenvalue weighted by molar-refractivity contribution is 0.167. The van der Waals surface area contributed by atoms with Crippen LogP contribution in [0.3, 0.4) is 0 Å². The molecule has 0 saturated carbocycles. The van der Waals surface area contributed by atoms with Gasteiger partial charge in [0.1, 0.15) is 12.4 Å². The molecule has 0 radical (unpaired) electrons. The summed E-state index contributed by atoms with van der Waals surface area (Å²) in [6, 6.07) is 11.4. The Morgan fingerprint density at radius 3 is 2.67 bits per heavy atom. The molecular formula is C21H32N6. The third-order valence-corrected chi connectivity index (χ3v) is 5.05. The van der Waals surface area contributed by atoms with E-state index in [1.165, 1.54) is 0 Å². The number of aromatic nitrogens is 2. The average molecular weight is 369 g/mol. The Kier molecular flexibility index (Phi) is 6.87. The lowest BCUT2D eigenvalue weighted by Crippen LogP contribution is -2.49. The van der Waals surface area contributed by atoms with Gasteiger partial charge >= 0.3 is 0 Å². The molecule has 1 aromatic heterocycles. The van der Waals surface area contributed by atoms with Crippen molar-refractivity contribution in [2.45, 2.75) is 52.2 Å². The number of likely N-dealkylation sites (tertiary alicyclic amines) is 1. The van der Waals surface area contributed by atoms with Gasteiger partial charge in [-0.2, -0.15) is 0 Å². The first kappa shape index (κ1) is 19.4. The number of aliphatic imine (C=N–C) groups is 1. The Hall–Kier alpha value is -2.34. The average Bonchev–Trinajstić information content (AvgIpc) is 3.16. The molecule has 6 nitrogen and oxygen atoms in total. The molecule has 1 aliphatic heterocycles. The number of rotatable bonds is 6. The van der Waals surface area contributed by atoms with Crippen molar-refractivity contribution < 1.29 is 0 Å². The lowest BCUT2D eigenvalue weighted by Gasteiger charge is -2.35. The summed E-state index contributed by atoms with van der Waals surface area (Å²) in [5.41, 5.74) is 2.17. The molecule has 146 valence electrons. The summed E-state index contributed by atoms with van der Waals surface area (Å²) in [6.45, 7) is 10.3. The minimum Gasteiger partial charge on any atom is -0.357 e. The van der Waals surface area contributed by atoms with Crippen LogP contribution < -0.4 is 10.6 Å². The number of benzene rings is 1. The van der Waals surface area contributed by atoms with Gasteiger partial charge in [0.2, 0.25) is 0 Å². The minimum atomic E-state index is 0.481. The molecule has 1 aliphatic rings. The van der Waals surface area contributed by atoms with Crippen LogP contribution in [0.5, 0.6) is 0 Å². The second-order valence-electron chi connectivity index (χ2n) is 7.35. The highest BCUT2D eigenvalue weighted by Crippen LogP contribution is 2.16. The summed E-state index contributed by atoms with van der Waals surface area (Å²) < 4.78 is 0. The number of hydrogen-bond donors (Lipinski definition) is 3. The van der Waals surface area contributed by atoms with Crippen LogP contribution in [0.1, 0.15) is 39.4 Å². The van der Waals surface area contributed by atoms with Gasteiger partial charge in [-0.15, -0.1) is 0 Å². The molecular weight excluding hydrogens is 336 g/mol. The fourth-order valence-corrected chi connectivity index (χ4v) is 3.43. The monoisotopic (exact) mass is 368 g/mol. The highest BCUT2D eigenvalue weighted by Gasteiger charge is 2.21. The van der Waals surface area contributed by atoms with Crippen LogP contribution in [0, 0.1) is 0 Å². The van der Waals surface area contributed by atoms with E-state index in [1.54, 1.807) is 0 Å². The lowest BCUT2D eigenvalue weighted by atomic mass is 10.0. The van der Waals surface area contributed by atoms with Crippen molar-refractivity contribution in [1.29, 1.82) is 0 Å². The first-order chi connectivity index (χ1) is 13.2. The zero-order chi connectivity index (χ0) is 19.1. The first-order valence-corrected chi connectivity index (χ1v) is 10.0. The molecule has 2 aromatic rings. The second-order valence-corrected chi connectivity index (χ2v) is 7.35. The molecule has 0 aliphatic carbocycles. The molecule has 3 rings (SSSR count). The maximum absolute atomic E-state index is 4.73. The number of aromatic amines is 1. The van der Waals surface area contributed by atoms with E-state index >= 15 is 0 Å². The minimum absolute atomic E-state index is 0.481. The smallest absolute Gasteiger partial charge is 0.191 e. The number of hydrogen-bond acceptors (Lipinski definition) is 3. The van der Waals surface area contributed by atoms with E-state index in [0.717, 1.165) is 55.5 Å². The number of guanidine groups is 1. The first-order valence-electron chi connectivity index (χ1n) is 10.0. The standard InChI is InChI=1S/C21H32N6/c1-4-22-21(25-18-10-12-27(13-11-18)16(2)3)24-15-20-23-14-19(26-20)17-8-6-5-7-9-17/h5-9,14,16,18H,4,10-13,15H2,1-3H3,(H,23,26)(H2,22,24,25). The van der Waals surface area contributed by atoms with Crippen molar-refractivity contribution in [2.24, 2.45) is 4.99 Å². The number of nitrogens with one attached hydrogen (secondary N) is 3. The molecule has 0 atom stereocenters. The Labute approximate surface area is 162 Å². The third-order valence-electron chi connectivity index (χ3n) is 5.05. The van der Waals surface area contributed by atoms with Crippen molar-refractivity contribution in [3.05, 3.63) is 42.4 Å². The largest absolute Gasteiger partial charge is 0.357 e. The van der Waals surface area contributed by atoms with Crippen molar-refractivity contribution >= 4 is 5.96 Å². The van der Waals surface area contributed by atoms with Crippen LogP contribution in [0.2, 0.25) is 0 Å². The Morgan fingerprint density at radius 1 is 1.26 bits per heavy atom. The number of nitrogens with zero attached hydrogens (tertiary/aromatic N) is 3. The van der Waals surface area contributed by atoms with E-state index in [2.05, 4.69) is 58.4 Å². The summed E-state index contributed by atoms with van der Waals surface area (Å²) >= 11 is 0. The van der Waals surface area contributed by atoms with Crippen molar-refractivity contribution in [2.75, 3.05) is 19.6 Å². The van der Waals surface area contributed by atoms with E-state index in [0.29, 0.717) is 18.6 Å². The molecule has 0 spiro atoms. The van der Waals surface area contributed by atoms with E-state index < -0.39 is 0 Å². The quantitative estimate of drug-likeness (QED) is 0.542. The maximum atomic E-state index is 4.73. The summed E-state index contributed by atoms with van der Waals surface area (Å²) in [4.78, 5) is 15.1. The van der Waals surface area contributed by atoms with Gasteiger partial charge in [0, 0.05) is 31.7 Å². The van der Waals surface area contributed by atoms with Gasteiger partial charge in [-0.05, 0) is 39.2 Å². The summed E-state index contributed by atoms with van der Waals surface area (Å²) in [5, 5.41) is 6.95. The van der Waals surface area contributed by atoms with Gasteiger partial charge in [-0.3, -0.25) is 0 Å². The third kappa shape index (κ3) is 5.57. The predicted molar refractivity (Wildman–Crippen MR) is 112 cm³/mol. The SMILES string of the molecule is CCNC(=NCc1ncc(-c2ccccc2)[nH]1)NC1CCN(C(C)C)CC1. The summed E-state index contributed by atoms with van der Waals surface area (Å²) in [6.07, 6.45) is 4.19. The number of piperidine rings is 1. The molecule has 1 saturated heterocycles. The van der Waals surface area contributed by atoms with Gasteiger partial charge in [0.15, 0.2) is 5.96 Å². The van der Waals surface area contributed by atoms with Crippen molar-refractivity contribution in [3.63, 3.8) is 0 Å². The van der Waals surface area contributed by atoms with Gasteiger partial charge in [-0.25, -0.2) is 9.98 Å². The molecule has 6 heteroatoms. The second kappa shape index (κ2) is 9.55. The zero-order valence-electron chi connectivity index (χ0n) is 16.7. The van der Waals surface area contributed by atoms with Crippen LogP contribution in [-0.4, -0.2) is 52.5 Å². The maximum Gasteiger partial charge on any atom is 0.191 e. The molecule has 3 N–H and O–H groups in total. The fourth-order valence-electron chi connectivity index (χ4n) is 3.43. The molecule has 1 aromatic carbocycles. The molecule has 0 unspecified atom stereocenters. The van der Waals surface area contributed by atoms with E-state index in [9.17, 15) is 0 Å². The van der Waals surface area contributed by atoms with Crippen molar-refractivity contribution in [1.82, 2.24) is 25.5 Å². The van der Waals surface area contributed by atoms with Gasteiger partial charge in [0.25, 0.3) is 0 Å². The number of imidazole rings is 1. The van der Waals surface area contributed by atoms with E-state index in [1.807, 2.05) is 24.4 Å². The molecule has 2 heterocycles. The summed E-state index contributed by atoms with van der Waals surface area (Å²) in [5.74, 6) is 1.75. The van der Waals surface area contributed by atoms with Crippen LogP contribution in [0.15, 0.2) is 41.5 Å². The predicted octanol–water partition coefficient (Wildman–Crippen LogP) is 3.00. The van der Waals surface area contributed by atoms with Crippen LogP contribution in [0.4, 0.5) is 0 Å². The Balaban J connectivity index is 1.57. The molecule has 27 heavy (non-hydrogen) atoms. The van der Waals surface area contributed by atoms with Gasteiger partial charge < -0.3 is 20.5 Å². The van der Waals surface area contributed by atoms with Crippen LogP contribution in [-0.2, 0) is 6.54 Å². The molecule has 0 amide bonds. The van der Waals surface area contributed by atoms with Crippen molar-refractivity contribution in [3.8, 4) is 11.3 Å². The van der Waals surface area contributed by atoms with Crippen LogP contribution in [0.25, 0.3) is 11.3 Å². The van der Waals surface area contributed by atoms with Gasteiger partial charge in [0.05, 0.1) is 11.9 Å². The highest BCUT2D eigenvalue weighted by molar-refractivity contribution is 5.80. The van der Waals surface area contributed by atoms with Gasteiger partial charge in [-0.1, -0.05) is 30.3 Å². The number of H-pyrrole nitrogens is 1. The Morgan fingerprint density at radius 2 is 2.00 bits per heavy atom. The highest BCUT2D eigenvalue weighted by atomic mass is 15.2. The van der Waals surface area contributed by atoms with E-state index in [-0.39, 0.29) is 0 Å². The molecule has 0 bridgehead atoms. The van der Waals surface area contributed by atoms with Crippen LogP contribution >= 0.6 is 0 Å².